The monoisotopic (exact) mass is 593 g/mol. The van der Waals surface area contributed by atoms with E-state index in [2.05, 4.69) is 4.98 Å². The van der Waals surface area contributed by atoms with Crippen LogP contribution in [0.3, 0.4) is 0 Å². The summed E-state index contributed by atoms with van der Waals surface area (Å²) in [4.78, 5) is 55.5. The minimum absolute atomic E-state index is 0.183. The van der Waals surface area contributed by atoms with Crippen molar-refractivity contribution in [2.75, 3.05) is 4.90 Å². The van der Waals surface area contributed by atoms with Crippen molar-refractivity contribution in [1.29, 1.82) is 0 Å². The molecule has 2 aliphatic heterocycles. The molecule has 0 spiro atoms. The van der Waals surface area contributed by atoms with Crippen molar-refractivity contribution in [3.05, 3.63) is 113 Å². The van der Waals surface area contributed by atoms with Crippen LogP contribution in [0.1, 0.15) is 27.5 Å². The van der Waals surface area contributed by atoms with Crippen LogP contribution in [0.25, 0.3) is 0 Å². The quantitative estimate of drug-likeness (QED) is 0.173. The van der Waals surface area contributed by atoms with Gasteiger partial charge in [0.15, 0.2) is 0 Å². The molecule has 3 heterocycles. The van der Waals surface area contributed by atoms with Crippen LogP contribution in [0.5, 0.6) is 5.75 Å². The standard InChI is InChI=1S/C28H20ClN3O6S2/c1-14-3-2-4-15(11-14)13-38-20-10-9-18(32(36)37)12-19(20)21-22-24(39-25-23(21)40-28(35)30-25)27(34)31(26(22)33)17-7-5-16(29)6-8-17/h2-12,21-22,24H,13H2,1H3,(H,30,35)/t21-,22-,24+/m0/s1. The number of halogens is 1. The van der Waals surface area contributed by atoms with E-state index in [0.29, 0.717) is 31.9 Å². The van der Waals surface area contributed by atoms with Crippen LogP contribution in [0.2, 0.25) is 5.02 Å². The van der Waals surface area contributed by atoms with Crippen LogP contribution in [0.15, 0.2) is 76.6 Å². The Labute approximate surface area is 240 Å². The van der Waals surface area contributed by atoms with Crippen LogP contribution in [-0.2, 0) is 16.2 Å². The van der Waals surface area contributed by atoms with Gasteiger partial charge in [-0.25, -0.2) is 4.90 Å². The summed E-state index contributed by atoms with van der Waals surface area (Å²) in [6.07, 6.45) is 0. The summed E-state index contributed by atoms with van der Waals surface area (Å²) in [5.41, 5.74) is 2.50. The zero-order valence-electron chi connectivity index (χ0n) is 20.8. The first-order valence-electron chi connectivity index (χ1n) is 12.2. The fraction of sp³-hybridized carbons (Fsp3) is 0.179. The second kappa shape index (κ2) is 10.2. The summed E-state index contributed by atoms with van der Waals surface area (Å²) in [6, 6.07) is 18.3. The lowest BCUT2D eigenvalue weighted by Gasteiger charge is -2.30. The Balaban J connectivity index is 1.48. The molecule has 0 bridgehead atoms. The summed E-state index contributed by atoms with van der Waals surface area (Å²) in [6.45, 7) is 2.15. The van der Waals surface area contributed by atoms with Gasteiger partial charge in [0.2, 0.25) is 11.8 Å². The molecule has 4 aromatic rings. The summed E-state index contributed by atoms with van der Waals surface area (Å²) in [5.74, 6) is -2.31. The number of benzene rings is 3. The zero-order chi connectivity index (χ0) is 28.1. The lowest BCUT2D eigenvalue weighted by molar-refractivity contribution is -0.385. The summed E-state index contributed by atoms with van der Waals surface area (Å²) in [5, 5.41) is 11.9. The Morgan fingerprint density at radius 3 is 2.55 bits per heavy atom. The highest BCUT2D eigenvalue weighted by Crippen LogP contribution is 2.55. The number of non-ortho nitro benzene ring substituents is 1. The van der Waals surface area contributed by atoms with Gasteiger partial charge in [-0.2, -0.15) is 0 Å². The molecular formula is C28H20ClN3O6S2. The number of nitrogens with one attached hydrogen (secondary N) is 1. The predicted molar refractivity (Wildman–Crippen MR) is 152 cm³/mol. The molecular weight excluding hydrogens is 574 g/mol. The Morgan fingerprint density at radius 1 is 1.05 bits per heavy atom. The number of imide groups is 1. The molecule has 6 rings (SSSR count). The van der Waals surface area contributed by atoms with Gasteiger partial charge in [-0.3, -0.25) is 24.5 Å². The van der Waals surface area contributed by atoms with Crippen LogP contribution >= 0.6 is 34.7 Å². The van der Waals surface area contributed by atoms with Crippen LogP contribution < -0.4 is 14.5 Å². The molecule has 2 aliphatic rings. The number of nitro benzene ring substituents is 1. The van der Waals surface area contributed by atoms with Crippen molar-refractivity contribution in [1.82, 2.24) is 4.98 Å². The number of thiazole rings is 1. The SMILES string of the molecule is Cc1cccc(COc2ccc([N+](=O)[O-])cc2[C@@H]2c3sc(=O)[nH]c3S[C@H]3C(=O)N(c4ccc(Cl)cc4)C(=O)[C@@H]23)c1. The number of aromatic amines is 1. The smallest absolute Gasteiger partial charge is 0.305 e. The Kier molecular flexibility index (Phi) is 6.73. The van der Waals surface area contributed by atoms with Gasteiger partial charge in [0.25, 0.3) is 5.69 Å². The molecule has 12 heteroatoms. The number of hydrogen-bond donors (Lipinski definition) is 1. The number of nitrogens with zero attached hydrogens (tertiary/aromatic N) is 2. The summed E-state index contributed by atoms with van der Waals surface area (Å²) >= 11 is 8.08. The molecule has 0 radical (unpaired) electrons. The van der Waals surface area contributed by atoms with Crippen molar-refractivity contribution in [2.24, 2.45) is 5.92 Å². The van der Waals surface area contributed by atoms with Crippen molar-refractivity contribution >= 4 is 57.9 Å². The van der Waals surface area contributed by atoms with Gasteiger partial charge in [-0.1, -0.05) is 64.5 Å². The van der Waals surface area contributed by atoms with Crippen molar-refractivity contribution in [2.45, 2.75) is 29.7 Å². The number of rotatable bonds is 6. The summed E-state index contributed by atoms with van der Waals surface area (Å²) in [7, 11) is 0. The molecule has 1 saturated heterocycles. The van der Waals surface area contributed by atoms with E-state index < -0.39 is 33.8 Å². The Hall–Kier alpha value is -3.93. The number of amides is 2. The highest BCUT2D eigenvalue weighted by atomic mass is 35.5. The normalized spacial score (nSPS) is 19.9. The molecule has 1 fully saturated rings. The van der Waals surface area contributed by atoms with Crippen LogP contribution in [-0.4, -0.2) is 27.0 Å². The molecule has 3 aromatic carbocycles. The number of aryl methyl sites for hydroxylation is 1. The van der Waals surface area contributed by atoms with Gasteiger partial charge in [0, 0.05) is 33.5 Å². The Bertz CT molecular complexity index is 1730. The van der Waals surface area contributed by atoms with Gasteiger partial charge >= 0.3 is 4.87 Å². The molecule has 0 saturated carbocycles. The van der Waals surface area contributed by atoms with E-state index in [4.69, 9.17) is 16.3 Å². The molecule has 3 atom stereocenters. The molecule has 202 valence electrons. The highest BCUT2D eigenvalue weighted by molar-refractivity contribution is 8.00. The lowest BCUT2D eigenvalue weighted by Crippen LogP contribution is -2.32. The third-order valence-corrected chi connectivity index (χ3v) is 9.58. The maximum Gasteiger partial charge on any atom is 0.305 e. The molecule has 1 aromatic heterocycles. The molecule has 1 N–H and O–H groups in total. The first-order valence-corrected chi connectivity index (χ1v) is 14.3. The van der Waals surface area contributed by atoms with Gasteiger partial charge in [-0.15, -0.1) is 0 Å². The van der Waals surface area contributed by atoms with Gasteiger partial charge < -0.3 is 9.72 Å². The molecule has 0 aliphatic carbocycles. The van der Waals surface area contributed by atoms with E-state index in [1.54, 1.807) is 24.3 Å². The molecule has 0 unspecified atom stereocenters. The van der Waals surface area contributed by atoms with E-state index >= 15 is 0 Å². The first kappa shape index (κ1) is 26.3. The third kappa shape index (κ3) is 4.59. The molecule has 9 nitrogen and oxygen atoms in total. The second-order valence-electron chi connectivity index (χ2n) is 9.50. The minimum Gasteiger partial charge on any atom is -0.489 e. The first-order chi connectivity index (χ1) is 19.2. The van der Waals surface area contributed by atoms with Crippen molar-refractivity contribution in [3.63, 3.8) is 0 Å². The average molecular weight is 594 g/mol. The van der Waals surface area contributed by atoms with Crippen molar-refractivity contribution < 1.29 is 19.2 Å². The number of anilines is 1. The number of thioether (sulfide) groups is 1. The average Bonchev–Trinajstić information content (AvgIpc) is 3.42. The number of carbonyl (C=O) groups excluding carboxylic acids is 2. The number of fused-ring (bicyclic) bond motifs is 2. The third-order valence-electron chi connectivity index (χ3n) is 6.92. The highest BCUT2D eigenvalue weighted by Gasteiger charge is 2.57. The van der Waals surface area contributed by atoms with Crippen LogP contribution in [0.4, 0.5) is 11.4 Å². The lowest BCUT2D eigenvalue weighted by atomic mass is 9.82. The predicted octanol–water partition coefficient (Wildman–Crippen LogP) is 5.68. The molecule has 40 heavy (non-hydrogen) atoms. The fourth-order valence-electron chi connectivity index (χ4n) is 5.18. The van der Waals surface area contributed by atoms with Gasteiger partial charge in [0.1, 0.15) is 17.6 Å². The van der Waals surface area contributed by atoms with E-state index in [0.717, 1.165) is 39.1 Å². The number of H-pyrrole nitrogens is 1. The maximum absolute atomic E-state index is 14.0. The van der Waals surface area contributed by atoms with Crippen LogP contribution in [0, 0.1) is 23.0 Å². The zero-order valence-corrected chi connectivity index (χ0v) is 23.2. The number of ether oxygens (including phenoxy) is 1. The fourth-order valence-corrected chi connectivity index (χ4v) is 7.82. The van der Waals surface area contributed by atoms with E-state index in [9.17, 15) is 24.5 Å². The molecule has 2 amide bonds. The largest absolute Gasteiger partial charge is 0.489 e. The van der Waals surface area contributed by atoms with Crippen molar-refractivity contribution in [3.8, 4) is 5.75 Å². The van der Waals surface area contributed by atoms with E-state index in [1.165, 1.54) is 18.2 Å². The van der Waals surface area contributed by atoms with E-state index in [-0.39, 0.29) is 17.2 Å². The Morgan fingerprint density at radius 2 is 1.82 bits per heavy atom. The van der Waals surface area contributed by atoms with Gasteiger partial charge in [0.05, 0.1) is 21.6 Å². The van der Waals surface area contributed by atoms with E-state index in [1.807, 2.05) is 31.2 Å². The number of nitro groups is 1. The maximum atomic E-state index is 14.0. The second-order valence-corrected chi connectivity index (χ2v) is 12.1. The minimum atomic E-state index is -0.921. The number of aromatic nitrogens is 1. The topological polar surface area (TPSA) is 123 Å². The summed E-state index contributed by atoms with van der Waals surface area (Å²) < 4.78 is 6.19. The number of carbonyl (C=O) groups is 2. The van der Waals surface area contributed by atoms with Gasteiger partial charge in [-0.05, 0) is 42.8 Å². The number of hydrogen-bond acceptors (Lipinski definition) is 8.